The lowest BCUT2D eigenvalue weighted by molar-refractivity contribution is -0.130. The minimum atomic E-state index is -0.505. The fourth-order valence-corrected chi connectivity index (χ4v) is 2.96. The summed E-state index contributed by atoms with van der Waals surface area (Å²) in [5, 5.41) is 0. The number of anilines is 1. The predicted molar refractivity (Wildman–Crippen MR) is 84.4 cm³/mol. The van der Waals surface area contributed by atoms with Crippen LogP contribution >= 0.6 is 0 Å². The molecule has 1 heterocycles. The summed E-state index contributed by atoms with van der Waals surface area (Å²) < 4.78 is 0. The van der Waals surface area contributed by atoms with E-state index in [0.29, 0.717) is 26.1 Å². The lowest BCUT2D eigenvalue weighted by atomic mass is 9.86. The van der Waals surface area contributed by atoms with E-state index in [9.17, 15) is 9.59 Å². The Morgan fingerprint density at radius 1 is 1.19 bits per heavy atom. The monoisotopic (exact) mass is 288 g/mol. The number of fused-ring (bicyclic) bond motifs is 1. The van der Waals surface area contributed by atoms with Crippen LogP contribution in [0.1, 0.15) is 39.7 Å². The van der Waals surface area contributed by atoms with Crippen molar-refractivity contribution in [3.8, 4) is 0 Å². The summed E-state index contributed by atoms with van der Waals surface area (Å²) in [6.07, 6.45) is 0.373. The lowest BCUT2D eigenvalue weighted by Gasteiger charge is -2.23. The van der Waals surface area contributed by atoms with Gasteiger partial charge in [-0.15, -0.1) is 0 Å². The Bertz CT molecular complexity index is 547. The molecule has 0 saturated heterocycles. The summed E-state index contributed by atoms with van der Waals surface area (Å²) >= 11 is 0. The highest BCUT2D eigenvalue weighted by Crippen LogP contribution is 2.41. The molecule has 0 saturated carbocycles. The standard InChI is InChI=1S/C17H24N2O2/c1-5-18(6-2)15(20)11-12-19-14-10-8-7-9-13(14)17(3,4)16(19)21/h7-10H,5-6,11-12H2,1-4H3. The van der Waals surface area contributed by atoms with Gasteiger partial charge in [-0.05, 0) is 39.3 Å². The Kier molecular flexibility index (Phi) is 4.35. The number of carbonyl (C=O) groups excluding carboxylic acids is 2. The highest BCUT2D eigenvalue weighted by Gasteiger charge is 2.43. The minimum Gasteiger partial charge on any atom is -0.343 e. The average Bonchev–Trinajstić information content (AvgIpc) is 2.67. The number of hydrogen-bond acceptors (Lipinski definition) is 2. The minimum absolute atomic E-state index is 0.0797. The van der Waals surface area contributed by atoms with Crippen LogP contribution in [0.5, 0.6) is 0 Å². The molecule has 0 spiro atoms. The smallest absolute Gasteiger partial charge is 0.237 e. The van der Waals surface area contributed by atoms with Crippen LogP contribution in [0.15, 0.2) is 24.3 Å². The largest absolute Gasteiger partial charge is 0.343 e. The maximum Gasteiger partial charge on any atom is 0.237 e. The molecular formula is C17H24N2O2. The van der Waals surface area contributed by atoms with E-state index in [1.165, 1.54) is 0 Å². The third-order valence-corrected chi connectivity index (χ3v) is 4.31. The van der Waals surface area contributed by atoms with Crippen LogP contribution in [0.2, 0.25) is 0 Å². The molecule has 21 heavy (non-hydrogen) atoms. The Hall–Kier alpha value is -1.84. The van der Waals surface area contributed by atoms with Gasteiger partial charge in [0.05, 0.1) is 5.41 Å². The van der Waals surface area contributed by atoms with Crippen molar-refractivity contribution in [2.45, 2.75) is 39.5 Å². The Balaban J connectivity index is 2.15. The van der Waals surface area contributed by atoms with Crippen molar-refractivity contribution in [2.75, 3.05) is 24.5 Å². The van der Waals surface area contributed by atoms with Crippen molar-refractivity contribution < 1.29 is 9.59 Å². The van der Waals surface area contributed by atoms with E-state index in [0.717, 1.165) is 11.3 Å². The first-order valence-corrected chi connectivity index (χ1v) is 7.62. The van der Waals surface area contributed by atoms with Crippen LogP contribution in [0.25, 0.3) is 0 Å². The average molecular weight is 288 g/mol. The van der Waals surface area contributed by atoms with Crippen molar-refractivity contribution in [2.24, 2.45) is 0 Å². The first-order chi connectivity index (χ1) is 9.93. The molecule has 1 aromatic rings. The number of nitrogens with zero attached hydrogens (tertiary/aromatic N) is 2. The summed E-state index contributed by atoms with van der Waals surface area (Å²) in [5.74, 6) is 0.186. The number of benzene rings is 1. The van der Waals surface area contributed by atoms with E-state index < -0.39 is 5.41 Å². The van der Waals surface area contributed by atoms with E-state index in [1.54, 1.807) is 9.80 Å². The summed E-state index contributed by atoms with van der Waals surface area (Å²) in [4.78, 5) is 28.3. The molecule has 1 aliphatic heterocycles. The maximum atomic E-state index is 12.6. The molecule has 0 fully saturated rings. The third-order valence-electron chi connectivity index (χ3n) is 4.31. The number of para-hydroxylation sites is 1. The SMILES string of the molecule is CCN(CC)C(=O)CCN1C(=O)C(C)(C)c2ccccc21. The Labute approximate surface area is 126 Å². The fraction of sp³-hybridized carbons (Fsp3) is 0.529. The molecule has 0 bridgehead atoms. The van der Waals surface area contributed by atoms with Gasteiger partial charge in [0.1, 0.15) is 0 Å². The van der Waals surface area contributed by atoms with E-state index in [-0.39, 0.29) is 11.8 Å². The highest BCUT2D eigenvalue weighted by atomic mass is 16.2. The molecule has 0 unspecified atom stereocenters. The maximum absolute atomic E-state index is 12.6. The first-order valence-electron chi connectivity index (χ1n) is 7.62. The quantitative estimate of drug-likeness (QED) is 0.835. The molecule has 0 aromatic heterocycles. The van der Waals surface area contributed by atoms with Gasteiger partial charge >= 0.3 is 0 Å². The zero-order valence-electron chi connectivity index (χ0n) is 13.3. The van der Waals surface area contributed by atoms with Crippen molar-refractivity contribution in [1.82, 2.24) is 4.90 Å². The first kappa shape index (κ1) is 15.5. The van der Waals surface area contributed by atoms with Gasteiger partial charge in [-0.3, -0.25) is 9.59 Å². The molecule has 2 amide bonds. The molecule has 2 rings (SSSR count). The van der Waals surface area contributed by atoms with E-state index in [1.807, 2.05) is 52.0 Å². The molecular weight excluding hydrogens is 264 g/mol. The zero-order chi connectivity index (χ0) is 15.6. The number of amides is 2. The second kappa shape index (κ2) is 5.88. The molecule has 0 aliphatic carbocycles. The molecule has 4 heteroatoms. The van der Waals surface area contributed by atoms with Gasteiger partial charge in [0.25, 0.3) is 0 Å². The van der Waals surface area contributed by atoms with Gasteiger partial charge in [-0.25, -0.2) is 0 Å². The van der Waals surface area contributed by atoms with E-state index in [4.69, 9.17) is 0 Å². The van der Waals surface area contributed by atoms with E-state index >= 15 is 0 Å². The second-order valence-electron chi connectivity index (χ2n) is 5.91. The van der Waals surface area contributed by atoms with Crippen LogP contribution in [0.3, 0.4) is 0 Å². The Morgan fingerprint density at radius 2 is 1.81 bits per heavy atom. The van der Waals surface area contributed by atoms with Gasteiger partial charge in [0.15, 0.2) is 0 Å². The van der Waals surface area contributed by atoms with Crippen LogP contribution < -0.4 is 4.90 Å². The number of carbonyl (C=O) groups is 2. The van der Waals surface area contributed by atoms with Crippen LogP contribution in [-0.2, 0) is 15.0 Å². The molecule has 0 N–H and O–H groups in total. The molecule has 114 valence electrons. The third kappa shape index (κ3) is 2.67. The summed E-state index contributed by atoms with van der Waals surface area (Å²) in [7, 11) is 0. The fourth-order valence-electron chi connectivity index (χ4n) is 2.96. The topological polar surface area (TPSA) is 40.6 Å². The van der Waals surface area contributed by atoms with E-state index in [2.05, 4.69) is 0 Å². The van der Waals surface area contributed by atoms with Gasteiger partial charge < -0.3 is 9.80 Å². The highest BCUT2D eigenvalue weighted by molar-refractivity contribution is 6.07. The van der Waals surface area contributed by atoms with Crippen molar-refractivity contribution in [3.63, 3.8) is 0 Å². The second-order valence-corrected chi connectivity index (χ2v) is 5.91. The molecule has 1 aliphatic rings. The molecule has 4 nitrogen and oxygen atoms in total. The van der Waals surface area contributed by atoms with Crippen molar-refractivity contribution >= 4 is 17.5 Å². The van der Waals surface area contributed by atoms with Gasteiger partial charge in [-0.1, -0.05) is 18.2 Å². The summed E-state index contributed by atoms with van der Waals surface area (Å²) in [5.41, 5.74) is 1.49. The summed E-state index contributed by atoms with van der Waals surface area (Å²) in [6.45, 7) is 9.72. The van der Waals surface area contributed by atoms with Gasteiger partial charge in [0.2, 0.25) is 11.8 Å². The van der Waals surface area contributed by atoms with Crippen molar-refractivity contribution in [3.05, 3.63) is 29.8 Å². The van der Waals surface area contributed by atoms with Crippen LogP contribution in [-0.4, -0.2) is 36.3 Å². The number of rotatable bonds is 5. The lowest BCUT2D eigenvalue weighted by Crippen LogP contribution is -2.39. The molecule has 1 aromatic carbocycles. The normalized spacial score (nSPS) is 16.0. The Morgan fingerprint density at radius 3 is 2.43 bits per heavy atom. The number of hydrogen-bond donors (Lipinski definition) is 0. The zero-order valence-corrected chi connectivity index (χ0v) is 13.3. The predicted octanol–water partition coefficient (Wildman–Crippen LogP) is 2.57. The molecule has 0 radical (unpaired) electrons. The van der Waals surface area contributed by atoms with Crippen LogP contribution in [0, 0.1) is 0 Å². The van der Waals surface area contributed by atoms with Crippen LogP contribution in [0.4, 0.5) is 5.69 Å². The molecule has 0 atom stereocenters. The van der Waals surface area contributed by atoms with Gasteiger partial charge in [-0.2, -0.15) is 0 Å². The summed E-state index contributed by atoms with van der Waals surface area (Å²) in [6, 6.07) is 7.86. The van der Waals surface area contributed by atoms with Crippen molar-refractivity contribution in [1.29, 1.82) is 0 Å². The van der Waals surface area contributed by atoms with Gasteiger partial charge in [0, 0.05) is 31.7 Å².